The van der Waals surface area contributed by atoms with E-state index in [9.17, 15) is 0 Å². The molecule has 0 spiro atoms. The number of nitrogens with zero attached hydrogens (tertiary/aromatic N) is 4. The molecule has 2 aliphatic heterocycles. The third-order valence-corrected chi connectivity index (χ3v) is 5.14. The Morgan fingerprint density at radius 2 is 2.23 bits per heavy atom. The topological polar surface area (TPSA) is 24.3 Å². The van der Waals surface area contributed by atoms with E-state index in [4.69, 9.17) is 0 Å². The van der Waals surface area contributed by atoms with E-state index in [-0.39, 0.29) is 0 Å². The normalized spacial score (nSPS) is 21.5. The van der Waals surface area contributed by atoms with Crippen molar-refractivity contribution in [2.24, 2.45) is 0 Å². The number of aromatic nitrogens is 2. The maximum Gasteiger partial charge on any atom is 0.0946 e. The van der Waals surface area contributed by atoms with Gasteiger partial charge in [-0.1, -0.05) is 12.1 Å². The molecule has 0 saturated carbocycles. The number of rotatable bonds is 4. The van der Waals surface area contributed by atoms with E-state index < -0.39 is 0 Å². The fourth-order valence-corrected chi connectivity index (χ4v) is 3.90. The fourth-order valence-electron chi connectivity index (χ4n) is 3.90. The summed E-state index contributed by atoms with van der Waals surface area (Å²) in [4.78, 5) is 9.16. The molecule has 2 aliphatic rings. The lowest BCUT2D eigenvalue weighted by Crippen LogP contribution is -2.32. The highest BCUT2D eigenvalue weighted by Crippen LogP contribution is 2.29. The van der Waals surface area contributed by atoms with E-state index in [0.717, 1.165) is 19.6 Å². The molecule has 0 amide bonds. The Bertz CT molecular complexity index is 635. The molecule has 4 nitrogen and oxygen atoms in total. The summed E-state index contributed by atoms with van der Waals surface area (Å²) >= 11 is 0. The molecule has 0 aliphatic carbocycles. The van der Waals surface area contributed by atoms with Gasteiger partial charge in [0, 0.05) is 50.8 Å². The quantitative estimate of drug-likeness (QED) is 0.866. The number of fused-ring (bicyclic) bond motifs is 1. The average Bonchev–Trinajstić information content (AvgIpc) is 3.24. The van der Waals surface area contributed by atoms with Crippen molar-refractivity contribution < 1.29 is 0 Å². The van der Waals surface area contributed by atoms with Gasteiger partial charge in [-0.15, -0.1) is 0 Å². The van der Waals surface area contributed by atoms with E-state index in [0.29, 0.717) is 6.04 Å². The van der Waals surface area contributed by atoms with Crippen molar-refractivity contribution in [3.8, 4) is 0 Å². The summed E-state index contributed by atoms with van der Waals surface area (Å²) in [5, 5.41) is 0. The Hall–Kier alpha value is -1.81. The zero-order valence-corrected chi connectivity index (χ0v) is 13.3. The number of likely N-dealkylation sites (N-methyl/N-ethyl adjacent to an activating group) is 1. The predicted octanol–water partition coefficient (Wildman–Crippen LogP) is 2.54. The molecule has 4 heteroatoms. The van der Waals surface area contributed by atoms with Gasteiger partial charge in [-0.2, -0.15) is 0 Å². The summed E-state index contributed by atoms with van der Waals surface area (Å²) in [5.41, 5.74) is 4.40. The second-order valence-corrected chi connectivity index (χ2v) is 6.66. The first-order chi connectivity index (χ1) is 10.8. The number of hydrogen-bond acceptors (Lipinski definition) is 3. The minimum atomic E-state index is 0.644. The Morgan fingerprint density at radius 1 is 1.27 bits per heavy atom. The van der Waals surface area contributed by atoms with E-state index in [1.54, 1.807) is 0 Å². The molecule has 3 heterocycles. The maximum absolute atomic E-state index is 4.16. The van der Waals surface area contributed by atoms with Crippen LogP contribution < -0.4 is 4.90 Å². The van der Waals surface area contributed by atoms with Gasteiger partial charge in [0.05, 0.1) is 6.33 Å². The van der Waals surface area contributed by atoms with Gasteiger partial charge in [-0.25, -0.2) is 4.98 Å². The van der Waals surface area contributed by atoms with Crippen LogP contribution in [0.2, 0.25) is 0 Å². The smallest absolute Gasteiger partial charge is 0.0946 e. The minimum Gasteiger partial charge on any atom is -0.374 e. The van der Waals surface area contributed by atoms with Crippen LogP contribution in [0.1, 0.15) is 24.0 Å². The lowest BCUT2D eigenvalue weighted by atomic mass is 10.1. The highest BCUT2D eigenvalue weighted by Gasteiger charge is 2.25. The van der Waals surface area contributed by atoms with Crippen LogP contribution in [0.25, 0.3) is 0 Å². The van der Waals surface area contributed by atoms with Crippen molar-refractivity contribution in [2.75, 3.05) is 25.0 Å². The monoisotopic (exact) mass is 296 g/mol. The van der Waals surface area contributed by atoms with E-state index in [2.05, 4.69) is 50.8 Å². The van der Waals surface area contributed by atoms with Gasteiger partial charge < -0.3 is 9.47 Å². The SMILES string of the molecule is CN1CCc2cc(CN3CCCC3Cn3ccnc3)ccc21. The molecule has 0 radical (unpaired) electrons. The Labute approximate surface area is 132 Å². The zero-order chi connectivity index (χ0) is 14.9. The zero-order valence-electron chi connectivity index (χ0n) is 13.3. The maximum atomic E-state index is 4.16. The molecule has 1 aromatic heterocycles. The van der Waals surface area contributed by atoms with Gasteiger partial charge in [0.15, 0.2) is 0 Å². The Morgan fingerprint density at radius 3 is 3.09 bits per heavy atom. The fraction of sp³-hybridized carbons (Fsp3) is 0.500. The molecule has 0 N–H and O–H groups in total. The molecule has 1 fully saturated rings. The van der Waals surface area contributed by atoms with E-state index in [1.165, 1.54) is 42.6 Å². The van der Waals surface area contributed by atoms with Gasteiger partial charge in [0.25, 0.3) is 0 Å². The van der Waals surface area contributed by atoms with Crippen molar-refractivity contribution in [1.29, 1.82) is 0 Å². The standard InChI is InChI=1S/C18H24N4/c1-20-9-6-16-11-15(4-5-18(16)20)12-22-8-2-3-17(22)13-21-10-7-19-14-21/h4-5,7,10-11,14,17H,2-3,6,8-9,12-13H2,1H3. The summed E-state index contributed by atoms with van der Waals surface area (Å²) in [6, 6.07) is 7.68. The van der Waals surface area contributed by atoms with Gasteiger partial charge >= 0.3 is 0 Å². The molecule has 22 heavy (non-hydrogen) atoms. The summed E-state index contributed by atoms with van der Waals surface area (Å²) < 4.78 is 2.21. The predicted molar refractivity (Wildman–Crippen MR) is 89.1 cm³/mol. The number of likely N-dealkylation sites (tertiary alicyclic amines) is 1. The van der Waals surface area contributed by atoms with Crippen LogP contribution in [-0.4, -0.2) is 40.6 Å². The average molecular weight is 296 g/mol. The first kappa shape index (κ1) is 13.8. The number of imidazole rings is 1. The largest absolute Gasteiger partial charge is 0.374 e. The summed E-state index contributed by atoms with van der Waals surface area (Å²) in [7, 11) is 2.19. The van der Waals surface area contributed by atoms with Crippen molar-refractivity contribution in [3.05, 3.63) is 48.0 Å². The summed E-state index contributed by atoms with van der Waals surface area (Å²) in [6.45, 7) is 4.52. The van der Waals surface area contributed by atoms with Crippen molar-refractivity contribution in [2.45, 2.75) is 38.4 Å². The van der Waals surface area contributed by atoms with Gasteiger partial charge in [-0.3, -0.25) is 4.90 Å². The van der Waals surface area contributed by atoms with Crippen LogP contribution in [0.5, 0.6) is 0 Å². The molecule has 0 bridgehead atoms. The lowest BCUT2D eigenvalue weighted by Gasteiger charge is -2.25. The summed E-state index contributed by atoms with van der Waals surface area (Å²) in [6.07, 6.45) is 9.68. The third-order valence-electron chi connectivity index (χ3n) is 5.14. The van der Waals surface area contributed by atoms with E-state index in [1.807, 2.05) is 12.5 Å². The first-order valence-corrected chi connectivity index (χ1v) is 8.32. The van der Waals surface area contributed by atoms with Crippen LogP contribution in [0.15, 0.2) is 36.9 Å². The Balaban J connectivity index is 1.46. The number of benzene rings is 1. The number of hydrogen-bond donors (Lipinski definition) is 0. The highest BCUT2D eigenvalue weighted by molar-refractivity contribution is 5.58. The highest BCUT2D eigenvalue weighted by atomic mass is 15.2. The summed E-state index contributed by atoms with van der Waals surface area (Å²) in [5.74, 6) is 0. The molecule has 116 valence electrons. The minimum absolute atomic E-state index is 0.644. The third kappa shape index (κ3) is 2.63. The molecule has 2 aromatic rings. The second-order valence-electron chi connectivity index (χ2n) is 6.66. The van der Waals surface area contributed by atoms with Crippen LogP contribution in [0.4, 0.5) is 5.69 Å². The molecule has 1 atom stereocenters. The van der Waals surface area contributed by atoms with Crippen molar-refractivity contribution in [3.63, 3.8) is 0 Å². The van der Waals surface area contributed by atoms with Crippen LogP contribution in [-0.2, 0) is 19.5 Å². The first-order valence-electron chi connectivity index (χ1n) is 8.32. The van der Waals surface area contributed by atoms with Crippen LogP contribution in [0.3, 0.4) is 0 Å². The van der Waals surface area contributed by atoms with Crippen LogP contribution in [0, 0.1) is 0 Å². The van der Waals surface area contributed by atoms with Crippen LogP contribution >= 0.6 is 0 Å². The molecule has 4 rings (SSSR count). The lowest BCUT2D eigenvalue weighted by molar-refractivity contribution is 0.224. The molecular formula is C18H24N4. The number of anilines is 1. The van der Waals surface area contributed by atoms with Gasteiger partial charge in [-0.05, 0) is 43.0 Å². The Kier molecular flexibility index (Phi) is 3.62. The van der Waals surface area contributed by atoms with Crippen molar-refractivity contribution in [1.82, 2.24) is 14.5 Å². The van der Waals surface area contributed by atoms with E-state index >= 15 is 0 Å². The molecule has 1 aromatic carbocycles. The second kappa shape index (κ2) is 5.76. The van der Waals surface area contributed by atoms with Crippen molar-refractivity contribution >= 4 is 5.69 Å². The molecular weight excluding hydrogens is 272 g/mol. The van der Waals surface area contributed by atoms with Gasteiger partial charge in [0.1, 0.15) is 0 Å². The molecule has 1 saturated heterocycles. The van der Waals surface area contributed by atoms with Gasteiger partial charge in [0.2, 0.25) is 0 Å². The molecule has 1 unspecified atom stereocenters.